The molecule has 0 aliphatic carbocycles. The molecule has 0 atom stereocenters. The molecule has 0 radical (unpaired) electrons. The largest absolute Gasteiger partial charge is 0.488 e. The summed E-state index contributed by atoms with van der Waals surface area (Å²) in [5.74, 6) is 0.195. The summed E-state index contributed by atoms with van der Waals surface area (Å²) in [5.41, 5.74) is 1.09. The fourth-order valence-electron chi connectivity index (χ4n) is 2.88. The van der Waals surface area contributed by atoms with E-state index in [-0.39, 0.29) is 12.4 Å². The van der Waals surface area contributed by atoms with Gasteiger partial charge in [-0.2, -0.15) is 0 Å². The van der Waals surface area contributed by atoms with Gasteiger partial charge in [-0.05, 0) is 49.6 Å². The number of halogens is 3. The Bertz CT molecular complexity index is 758. The predicted molar refractivity (Wildman–Crippen MR) is 104 cm³/mol. The lowest BCUT2D eigenvalue weighted by Crippen LogP contribution is -2.35. The van der Waals surface area contributed by atoms with Crippen molar-refractivity contribution in [3.05, 3.63) is 63.4 Å². The summed E-state index contributed by atoms with van der Waals surface area (Å²) in [5, 5.41) is 0.930. The Morgan fingerprint density at radius 3 is 2.60 bits per heavy atom. The second-order valence-electron chi connectivity index (χ2n) is 5.98. The van der Waals surface area contributed by atoms with Crippen LogP contribution in [-0.4, -0.2) is 23.0 Å². The standard InChI is InChI=1S/C19H18Cl2FNOS/c20-13-7-8-18(24-12-15-16(21)5-4-6-17(15)22)14(11-13)19(25)23-9-2-1-3-10-23/h4-8,11H,1-3,9-10,12H2. The molecule has 1 aliphatic rings. The van der Waals surface area contributed by atoms with Crippen molar-refractivity contribution >= 4 is 40.4 Å². The molecule has 0 amide bonds. The van der Waals surface area contributed by atoms with Crippen LogP contribution < -0.4 is 4.74 Å². The predicted octanol–water partition coefficient (Wildman–Crippen LogP) is 5.87. The van der Waals surface area contributed by atoms with Gasteiger partial charge in [-0.3, -0.25) is 0 Å². The van der Waals surface area contributed by atoms with Gasteiger partial charge in [0, 0.05) is 23.7 Å². The molecule has 25 heavy (non-hydrogen) atoms. The number of thiocarbonyl (C=S) groups is 1. The van der Waals surface area contributed by atoms with Crippen LogP contribution in [0.25, 0.3) is 0 Å². The number of piperidine rings is 1. The number of rotatable bonds is 4. The van der Waals surface area contributed by atoms with Crippen molar-refractivity contribution in [3.63, 3.8) is 0 Å². The van der Waals surface area contributed by atoms with Gasteiger partial charge in [0.05, 0.1) is 10.6 Å². The van der Waals surface area contributed by atoms with Crippen LogP contribution >= 0.6 is 35.4 Å². The fraction of sp³-hybridized carbons (Fsp3) is 0.316. The van der Waals surface area contributed by atoms with Crippen LogP contribution in [0.15, 0.2) is 36.4 Å². The van der Waals surface area contributed by atoms with E-state index in [4.69, 9.17) is 40.2 Å². The summed E-state index contributed by atoms with van der Waals surface area (Å²) in [7, 11) is 0. The third-order valence-corrected chi connectivity index (χ3v) is 5.32. The van der Waals surface area contributed by atoms with E-state index < -0.39 is 0 Å². The average Bonchev–Trinajstić information content (AvgIpc) is 2.62. The van der Waals surface area contributed by atoms with E-state index in [1.807, 2.05) is 0 Å². The zero-order valence-corrected chi connectivity index (χ0v) is 15.9. The maximum atomic E-state index is 13.9. The molecular weight excluding hydrogens is 380 g/mol. The molecule has 0 N–H and O–H groups in total. The molecule has 2 nitrogen and oxygen atoms in total. The first-order valence-electron chi connectivity index (χ1n) is 8.21. The second kappa shape index (κ2) is 8.35. The summed E-state index contributed by atoms with van der Waals surface area (Å²) in [6.45, 7) is 1.90. The van der Waals surface area contributed by atoms with Crippen LogP contribution in [0.5, 0.6) is 5.75 Å². The van der Waals surface area contributed by atoms with Gasteiger partial charge < -0.3 is 9.64 Å². The van der Waals surface area contributed by atoms with Gasteiger partial charge in [0.1, 0.15) is 23.2 Å². The minimum atomic E-state index is -0.387. The molecule has 1 fully saturated rings. The topological polar surface area (TPSA) is 12.5 Å². The van der Waals surface area contributed by atoms with Gasteiger partial charge in [0.15, 0.2) is 0 Å². The normalized spacial score (nSPS) is 14.4. The van der Waals surface area contributed by atoms with Crippen molar-refractivity contribution in [1.82, 2.24) is 4.90 Å². The van der Waals surface area contributed by atoms with Crippen LogP contribution in [0.2, 0.25) is 10.0 Å². The van der Waals surface area contributed by atoms with Gasteiger partial charge >= 0.3 is 0 Å². The Morgan fingerprint density at radius 2 is 1.88 bits per heavy atom. The molecule has 0 saturated carbocycles. The number of hydrogen-bond acceptors (Lipinski definition) is 2. The summed E-state index contributed by atoms with van der Waals surface area (Å²) in [4.78, 5) is 2.89. The van der Waals surface area contributed by atoms with Crippen LogP contribution in [-0.2, 0) is 6.61 Å². The van der Waals surface area contributed by atoms with Crippen molar-refractivity contribution in [2.24, 2.45) is 0 Å². The van der Waals surface area contributed by atoms with Gasteiger partial charge in [-0.25, -0.2) is 4.39 Å². The molecule has 3 rings (SSSR count). The Labute approximate surface area is 162 Å². The van der Waals surface area contributed by atoms with Gasteiger partial charge in [-0.1, -0.05) is 41.5 Å². The smallest absolute Gasteiger partial charge is 0.131 e. The van der Waals surface area contributed by atoms with Gasteiger partial charge in [0.25, 0.3) is 0 Å². The highest BCUT2D eigenvalue weighted by molar-refractivity contribution is 7.80. The lowest BCUT2D eigenvalue weighted by molar-refractivity contribution is 0.297. The number of hydrogen-bond donors (Lipinski definition) is 0. The first kappa shape index (κ1) is 18.4. The summed E-state index contributed by atoms with van der Waals surface area (Å²) >= 11 is 17.9. The first-order valence-corrected chi connectivity index (χ1v) is 9.37. The van der Waals surface area contributed by atoms with Gasteiger partial charge in [-0.15, -0.1) is 0 Å². The van der Waals surface area contributed by atoms with Crippen LogP contribution in [0.3, 0.4) is 0 Å². The zero-order chi connectivity index (χ0) is 17.8. The number of benzene rings is 2. The number of nitrogens with zero attached hydrogens (tertiary/aromatic N) is 1. The van der Waals surface area contributed by atoms with Gasteiger partial charge in [0.2, 0.25) is 0 Å². The Morgan fingerprint density at radius 1 is 1.12 bits per heavy atom. The molecule has 1 aliphatic heterocycles. The summed E-state index contributed by atoms with van der Waals surface area (Å²) in [6.07, 6.45) is 3.48. The van der Waals surface area contributed by atoms with Crippen molar-refractivity contribution in [2.75, 3.05) is 13.1 Å². The fourth-order valence-corrected chi connectivity index (χ4v) is 3.61. The lowest BCUT2D eigenvalue weighted by atomic mass is 10.1. The summed E-state index contributed by atoms with van der Waals surface area (Å²) in [6, 6.07) is 9.89. The molecule has 0 spiro atoms. The maximum Gasteiger partial charge on any atom is 0.131 e. The molecule has 6 heteroatoms. The summed E-state index contributed by atoms with van der Waals surface area (Å²) < 4.78 is 19.8. The lowest BCUT2D eigenvalue weighted by Gasteiger charge is -2.30. The monoisotopic (exact) mass is 397 g/mol. The highest BCUT2D eigenvalue weighted by Gasteiger charge is 2.19. The molecule has 2 aromatic carbocycles. The molecule has 0 bridgehead atoms. The third-order valence-electron chi connectivity index (χ3n) is 4.25. The van der Waals surface area contributed by atoms with E-state index in [0.29, 0.717) is 21.4 Å². The quantitative estimate of drug-likeness (QED) is 0.598. The average molecular weight is 398 g/mol. The first-order chi connectivity index (χ1) is 12.1. The molecule has 0 unspecified atom stereocenters. The number of likely N-dealkylation sites (tertiary alicyclic amines) is 1. The molecule has 1 heterocycles. The van der Waals surface area contributed by atoms with E-state index in [2.05, 4.69) is 4.90 Å². The van der Waals surface area contributed by atoms with E-state index in [9.17, 15) is 4.39 Å². The molecule has 132 valence electrons. The minimum absolute atomic E-state index is 0.0305. The number of ether oxygens (including phenoxy) is 1. The van der Waals surface area contributed by atoms with E-state index in [1.165, 1.54) is 12.5 Å². The molecule has 0 aromatic heterocycles. The molecule has 1 saturated heterocycles. The highest BCUT2D eigenvalue weighted by Crippen LogP contribution is 2.28. The highest BCUT2D eigenvalue weighted by atomic mass is 35.5. The van der Waals surface area contributed by atoms with Crippen molar-refractivity contribution in [2.45, 2.75) is 25.9 Å². The SMILES string of the molecule is Fc1cccc(Cl)c1COc1ccc(Cl)cc1C(=S)N1CCCCC1. The van der Waals surface area contributed by atoms with E-state index in [0.717, 1.165) is 36.5 Å². The van der Waals surface area contributed by atoms with Crippen LogP contribution in [0, 0.1) is 5.82 Å². The molecule has 2 aromatic rings. The Kier molecular flexibility index (Phi) is 6.15. The van der Waals surface area contributed by atoms with Crippen molar-refractivity contribution in [3.8, 4) is 5.75 Å². The van der Waals surface area contributed by atoms with Crippen molar-refractivity contribution < 1.29 is 9.13 Å². The zero-order valence-electron chi connectivity index (χ0n) is 13.6. The second-order valence-corrected chi connectivity index (χ2v) is 7.21. The molecular formula is C19H18Cl2FNOS. The van der Waals surface area contributed by atoms with E-state index >= 15 is 0 Å². The van der Waals surface area contributed by atoms with Crippen LogP contribution in [0.1, 0.15) is 30.4 Å². The van der Waals surface area contributed by atoms with Crippen LogP contribution in [0.4, 0.5) is 4.39 Å². The maximum absolute atomic E-state index is 13.9. The Hall–Kier alpha value is -1.36. The Balaban J connectivity index is 1.83. The third kappa shape index (κ3) is 4.43. The minimum Gasteiger partial charge on any atom is -0.488 e. The van der Waals surface area contributed by atoms with E-state index in [1.54, 1.807) is 30.3 Å². The van der Waals surface area contributed by atoms with Crippen molar-refractivity contribution in [1.29, 1.82) is 0 Å².